The van der Waals surface area contributed by atoms with Gasteiger partial charge >= 0.3 is 0 Å². The van der Waals surface area contributed by atoms with Crippen molar-refractivity contribution in [3.63, 3.8) is 0 Å². The van der Waals surface area contributed by atoms with Crippen LogP contribution in [0.2, 0.25) is 10.0 Å². The average Bonchev–Trinajstić information content (AvgIpc) is 3.42. The molecule has 0 aromatic heterocycles. The second kappa shape index (κ2) is 12.9. The number of halogens is 2. The minimum absolute atomic E-state index is 0.109. The van der Waals surface area contributed by atoms with Crippen molar-refractivity contribution < 1.29 is 19.0 Å². The van der Waals surface area contributed by atoms with Gasteiger partial charge in [-0.05, 0) is 79.7 Å². The van der Waals surface area contributed by atoms with Crippen LogP contribution in [0.1, 0.15) is 22.8 Å². The van der Waals surface area contributed by atoms with E-state index in [-0.39, 0.29) is 12.0 Å². The highest BCUT2D eigenvalue weighted by Gasteiger charge is 2.40. The fraction of sp³-hybridized carbons (Fsp3) is 0.265. The third-order valence-corrected chi connectivity index (χ3v) is 8.35. The molecule has 222 valence electrons. The van der Waals surface area contributed by atoms with Crippen LogP contribution in [-0.2, 0) is 15.3 Å². The van der Waals surface area contributed by atoms with Gasteiger partial charge in [-0.3, -0.25) is 4.79 Å². The summed E-state index contributed by atoms with van der Waals surface area (Å²) in [6.07, 6.45) is -0.223. The smallest absolute Gasteiger partial charge is 0.255 e. The summed E-state index contributed by atoms with van der Waals surface area (Å²) in [4.78, 5) is 17.2. The van der Waals surface area contributed by atoms with E-state index in [0.29, 0.717) is 28.8 Å². The molecule has 2 fully saturated rings. The molecule has 1 amide bonds. The summed E-state index contributed by atoms with van der Waals surface area (Å²) in [5.74, 6) is -0.271. The van der Waals surface area contributed by atoms with Crippen molar-refractivity contribution in [3.05, 3.63) is 118 Å². The van der Waals surface area contributed by atoms with Crippen molar-refractivity contribution in [2.45, 2.75) is 18.8 Å². The number of ether oxygens (including phenoxy) is 3. The van der Waals surface area contributed by atoms with Gasteiger partial charge in [0.25, 0.3) is 5.91 Å². The van der Waals surface area contributed by atoms with Crippen LogP contribution in [0.25, 0.3) is 0 Å². The van der Waals surface area contributed by atoms with Gasteiger partial charge in [-0.1, -0.05) is 47.5 Å². The van der Waals surface area contributed by atoms with E-state index in [1.807, 2.05) is 55.5 Å². The molecule has 0 saturated carbocycles. The third kappa shape index (κ3) is 6.92. The number of nitrogens with zero attached hydrogens (tertiary/aromatic N) is 2. The predicted octanol–water partition coefficient (Wildman–Crippen LogP) is 7.24. The van der Waals surface area contributed by atoms with Gasteiger partial charge < -0.3 is 29.3 Å². The van der Waals surface area contributed by atoms with E-state index in [1.54, 1.807) is 24.3 Å². The van der Waals surface area contributed by atoms with Crippen LogP contribution in [0.15, 0.2) is 97.1 Å². The molecule has 0 aliphatic carbocycles. The first-order chi connectivity index (χ1) is 20.9. The van der Waals surface area contributed by atoms with Crippen molar-refractivity contribution in [2.75, 3.05) is 54.5 Å². The lowest BCUT2D eigenvalue weighted by atomic mass is 10.1. The van der Waals surface area contributed by atoms with Crippen molar-refractivity contribution in [1.29, 1.82) is 0 Å². The zero-order valence-electron chi connectivity index (χ0n) is 23.8. The van der Waals surface area contributed by atoms with Gasteiger partial charge in [0, 0.05) is 59.4 Å². The van der Waals surface area contributed by atoms with E-state index < -0.39 is 5.79 Å². The second-order valence-corrected chi connectivity index (χ2v) is 11.6. The number of nitrogens with one attached hydrogen (secondary N) is 1. The molecule has 2 aliphatic heterocycles. The molecule has 2 saturated heterocycles. The Labute approximate surface area is 261 Å². The molecule has 0 spiro atoms. The van der Waals surface area contributed by atoms with E-state index in [4.69, 9.17) is 37.4 Å². The molecular formula is C34H33Cl2N3O4. The molecule has 4 aromatic rings. The van der Waals surface area contributed by atoms with Crippen molar-refractivity contribution in [1.82, 2.24) is 0 Å². The van der Waals surface area contributed by atoms with Gasteiger partial charge in [-0.25, -0.2) is 0 Å². The number of carbonyl (C=O) groups excluding carboxylic acids is 1. The summed E-state index contributed by atoms with van der Waals surface area (Å²) in [6.45, 7) is 6.26. The zero-order valence-corrected chi connectivity index (χ0v) is 25.4. The molecule has 2 atom stereocenters. The highest BCUT2D eigenvalue weighted by molar-refractivity contribution is 6.35. The summed E-state index contributed by atoms with van der Waals surface area (Å²) in [7, 11) is 0. The summed E-state index contributed by atoms with van der Waals surface area (Å²) in [5.41, 5.74) is 4.48. The molecule has 6 rings (SSSR count). The van der Waals surface area contributed by atoms with Gasteiger partial charge in [-0.15, -0.1) is 0 Å². The Bertz CT molecular complexity index is 1540. The minimum Gasteiger partial charge on any atom is -0.491 e. The Morgan fingerprint density at radius 1 is 0.884 bits per heavy atom. The van der Waals surface area contributed by atoms with Gasteiger partial charge in [0.1, 0.15) is 18.5 Å². The first kappa shape index (κ1) is 29.3. The Morgan fingerprint density at radius 2 is 1.51 bits per heavy atom. The number of carbonyl (C=O) groups is 1. The average molecular weight is 619 g/mol. The van der Waals surface area contributed by atoms with E-state index >= 15 is 0 Å². The summed E-state index contributed by atoms with van der Waals surface area (Å²) in [6, 6.07) is 30.7. The van der Waals surface area contributed by atoms with Crippen LogP contribution in [0, 0.1) is 0 Å². The van der Waals surface area contributed by atoms with E-state index in [1.165, 1.54) is 0 Å². The van der Waals surface area contributed by atoms with Crippen molar-refractivity contribution in [3.8, 4) is 5.75 Å². The fourth-order valence-corrected chi connectivity index (χ4v) is 6.01. The normalized spacial score (nSPS) is 20.2. The Hall–Kier alpha value is -3.75. The number of hydrogen-bond donors (Lipinski definition) is 1. The number of rotatable bonds is 8. The number of hydrogen-bond acceptors (Lipinski definition) is 6. The maximum absolute atomic E-state index is 12.4. The first-order valence-corrected chi connectivity index (χ1v) is 15.1. The molecule has 9 heteroatoms. The third-order valence-electron chi connectivity index (χ3n) is 7.80. The number of anilines is 3. The summed E-state index contributed by atoms with van der Waals surface area (Å²) in [5, 5.41) is 4.04. The van der Waals surface area contributed by atoms with Crippen LogP contribution >= 0.6 is 23.2 Å². The van der Waals surface area contributed by atoms with E-state index in [9.17, 15) is 4.79 Å². The summed E-state index contributed by atoms with van der Waals surface area (Å²) >= 11 is 12.4. The fourth-order valence-electron chi connectivity index (χ4n) is 5.43. The SMILES string of the molecule is C[C@@]1(c2ccc(Cl)cc2Cl)OC[C@@H](COc2ccc(N3CCN(c4ccc(NC(=O)c5ccccc5)cc4)CC3)cc2)O1. The van der Waals surface area contributed by atoms with Crippen LogP contribution in [0.3, 0.4) is 0 Å². The van der Waals surface area contributed by atoms with Crippen LogP contribution < -0.4 is 19.9 Å². The first-order valence-electron chi connectivity index (χ1n) is 14.3. The zero-order chi connectivity index (χ0) is 29.8. The van der Waals surface area contributed by atoms with Gasteiger partial charge in [-0.2, -0.15) is 0 Å². The Morgan fingerprint density at radius 3 is 2.14 bits per heavy atom. The lowest BCUT2D eigenvalue weighted by molar-refractivity contribution is -0.164. The van der Waals surface area contributed by atoms with Crippen LogP contribution in [0.5, 0.6) is 5.75 Å². The number of amides is 1. The molecule has 7 nitrogen and oxygen atoms in total. The standard InChI is InChI=1S/C34H33Cl2N3O4/c1-34(31-16-7-25(35)21-32(31)36)42-23-30(43-34)22-41-29-14-12-28(13-15-29)39-19-17-38(18-20-39)27-10-8-26(9-11-27)37-33(40)24-5-3-2-4-6-24/h2-16,21,30H,17-20,22-23H2,1H3,(H,37,40)/t30-,34-/m1/s1. The number of benzene rings is 4. The van der Waals surface area contributed by atoms with Gasteiger partial charge in [0.2, 0.25) is 0 Å². The largest absolute Gasteiger partial charge is 0.491 e. The lowest BCUT2D eigenvalue weighted by Crippen LogP contribution is -2.46. The quantitative estimate of drug-likeness (QED) is 0.225. The highest BCUT2D eigenvalue weighted by Crippen LogP contribution is 2.38. The molecular weight excluding hydrogens is 585 g/mol. The second-order valence-electron chi connectivity index (χ2n) is 10.8. The van der Waals surface area contributed by atoms with Crippen LogP contribution in [-0.4, -0.2) is 51.4 Å². The molecule has 0 radical (unpaired) electrons. The lowest BCUT2D eigenvalue weighted by Gasteiger charge is -2.37. The molecule has 2 heterocycles. The van der Waals surface area contributed by atoms with Crippen molar-refractivity contribution >= 4 is 46.2 Å². The maximum Gasteiger partial charge on any atom is 0.255 e. The summed E-state index contributed by atoms with van der Waals surface area (Å²) < 4.78 is 18.2. The van der Waals surface area contributed by atoms with Gasteiger partial charge in [0.05, 0.1) is 11.6 Å². The molecule has 43 heavy (non-hydrogen) atoms. The molecule has 2 aliphatic rings. The van der Waals surface area contributed by atoms with Gasteiger partial charge in [0.15, 0.2) is 5.79 Å². The minimum atomic E-state index is -0.942. The highest BCUT2D eigenvalue weighted by atomic mass is 35.5. The Kier molecular flexibility index (Phi) is 8.77. The molecule has 1 N–H and O–H groups in total. The topological polar surface area (TPSA) is 63.3 Å². The maximum atomic E-state index is 12.4. The van der Waals surface area contributed by atoms with E-state index in [0.717, 1.165) is 54.6 Å². The monoisotopic (exact) mass is 617 g/mol. The van der Waals surface area contributed by atoms with Crippen LogP contribution in [0.4, 0.5) is 17.1 Å². The predicted molar refractivity (Wildman–Crippen MR) is 172 cm³/mol. The molecule has 0 bridgehead atoms. The number of piperazine rings is 1. The molecule has 4 aromatic carbocycles. The molecule has 0 unspecified atom stereocenters. The van der Waals surface area contributed by atoms with Crippen molar-refractivity contribution in [2.24, 2.45) is 0 Å². The Balaban J connectivity index is 0.964. The van der Waals surface area contributed by atoms with E-state index in [2.05, 4.69) is 39.4 Å².